The predicted octanol–water partition coefficient (Wildman–Crippen LogP) is 13.9. The summed E-state index contributed by atoms with van der Waals surface area (Å²) in [6.45, 7) is 0. The first-order chi connectivity index (χ1) is 27.7. The molecule has 2 heterocycles. The lowest BCUT2D eigenvalue weighted by atomic mass is 9.90. The highest BCUT2D eigenvalue weighted by atomic mass is 14.9. The van der Waals surface area contributed by atoms with Crippen LogP contribution < -0.4 is 0 Å². The van der Waals surface area contributed by atoms with E-state index in [1.807, 2.05) is 12.3 Å². The molecule has 0 aliphatic carbocycles. The van der Waals surface area contributed by atoms with E-state index in [0.717, 1.165) is 39.2 Å². The normalized spacial score (nSPS) is 11.6. The molecule has 3 nitrogen and oxygen atoms in total. The monoisotopic (exact) mass is 711 g/mol. The van der Waals surface area contributed by atoms with Crippen molar-refractivity contribution in [2.45, 2.75) is 0 Å². The zero-order valence-electron chi connectivity index (χ0n) is 30.4. The van der Waals surface area contributed by atoms with Gasteiger partial charge in [-0.2, -0.15) is 0 Å². The molecule has 9 aromatic carbocycles. The Morgan fingerprint density at radius 1 is 0.304 bits per heavy atom. The Balaban J connectivity index is 0.989. The summed E-state index contributed by atoms with van der Waals surface area (Å²) in [4.78, 5) is 14.7. The smallest absolute Gasteiger partial charge is 0.160 e. The Labute approximate surface area is 324 Å². The number of benzene rings is 9. The number of rotatable bonds is 6. The van der Waals surface area contributed by atoms with Crippen molar-refractivity contribution in [3.63, 3.8) is 0 Å². The van der Waals surface area contributed by atoms with Crippen molar-refractivity contribution in [1.82, 2.24) is 15.0 Å². The Hall–Kier alpha value is -7.49. The van der Waals surface area contributed by atoms with Crippen molar-refractivity contribution < 1.29 is 0 Å². The van der Waals surface area contributed by atoms with Crippen LogP contribution in [0.15, 0.2) is 200 Å². The molecule has 0 saturated carbocycles. The average molecular weight is 712 g/mol. The van der Waals surface area contributed by atoms with Gasteiger partial charge in [0, 0.05) is 29.1 Å². The van der Waals surface area contributed by atoms with E-state index in [1.165, 1.54) is 65.3 Å². The summed E-state index contributed by atoms with van der Waals surface area (Å²) in [5.41, 5.74) is 11.7. The summed E-state index contributed by atoms with van der Waals surface area (Å²) >= 11 is 0. The van der Waals surface area contributed by atoms with Gasteiger partial charge >= 0.3 is 0 Å². The Bertz CT molecular complexity index is 3190. The van der Waals surface area contributed by atoms with E-state index < -0.39 is 0 Å². The van der Waals surface area contributed by atoms with Gasteiger partial charge < -0.3 is 0 Å². The second kappa shape index (κ2) is 13.1. The summed E-state index contributed by atoms with van der Waals surface area (Å²) in [5.74, 6) is 0.689. The molecule has 0 spiro atoms. The molecule has 3 heteroatoms. The van der Waals surface area contributed by atoms with Gasteiger partial charge in [0.15, 0.2) is 5.82 Å². The molecule has 0 amide bonds. The van der Waals surface area contributed by atoms with E-state index in [0.29, 0.717) is 5.82 Å². The zero-order valence-corrected chi connectivity index (χ0v) is 30.4. The Morgan fingerprint density at radius 2 is 0.839 bits per heavy atom. The third-order valence-electron chi connectivity index (χ3n) is 11.1. The molecule has 260 valence electrons. The minimum Gasteiger partial charge on any atom is -0.264 e. The van der Waals surface area contributed by atoms with Gasteiger partial charge in [-0.3, -0.25) is 4.98 Å². The number of aromatic nitrogens is 3. The number of nitrogens with zero attached hydrogens (tertiary/aromatic N) is 3. The van der Waals surface area contributed by atoms with Crippen LogP contribution in [0.25, 0.3) is 110 Å². The van der Waals surface area contributed by atoms with Gasteiger partial charge in [0.05, 0.1) is 11.4 Å². The van der Waals surface area contributed by atoms with Crippen LogP contribution in [0.5, 0.6) is 0 Å². The highest BCUT2D eigenvalue weighted by molar-refractivity contribution is 6.25. The molecule has 11 aromatic rings. The van der Waals surface area contributed by atoms with Gasteiger partial charge in [-0.15, -0.1) is 0 Å². The van der Waals surface area contributed by atoms with Crippen LogP contribution in [-0.4, -0.2) is 15.0 Å². The highest BCUT2D eigenvalue weighted by Crippen LogP contribution is 2.40. The second-order valence-electron chi connectivity index (χ2n) is 14.5. The third-order valence-corrected chi connectivity index (χ3v) is 11.1. The van der Waals surface area contributed by atoms with Crippen LogP contribution >= 0.6 is 0 Å². The summed E-state index contributed by atoms with van der Waals surface area (Å²) in [5, 5.41) is 10.2. The minimum absolute atomic E-state index is 0.689. The molecule has 0 N–H and O–H groups in total. The van der Waals surface area contributed by atoms with E-state index in [4.69, 9.17) is 9.97 Å². The number of pyridine rings is 1. The largest absolute Gasteiger partial charge is 0.264 e. The van der Waals surface area contributed by atoms with Crippen LogP contribution in [0.3, 0.4) is 0 Å². The molecule has 11 rings (SSSR count). The molecule has 0 unspecified atom stereocenters. The lowest BCUT2D eigenvalue weighted by molar-refractivity contribution is 1.18. The molecular weight excluding hydrogens is 679 g/mol. The maximum atomic E-state index is 5.20. The van der Waals surface area contributed by atoms with Gasteiger partial charge in [0.2, 0.25) is 0 Å². The molecule has 0 aliphatic heterocycles. The second-order valence-corrected chi connectivity index (χ2v) is 14.5. The Morgan fingerprint density at radius 3 is 1.54 bits per heavy atom. The van der Waals surface area contributed by atoms with Crippen LogP contribution in [0.4, 0.5) is 0 Å². The predicted molar refractivity (Wildman–Crippen MR) is 234 cm³/mol. The molecule has 0 saturated heterocycles. The molecule has 0 aliphatic rings. The van der Waals surface area contributed by atoms with E-state index in [-0.39, 0.29) is 0 Å². The first-order valence-corrected chi connectivity index (χ1v) is 19.0. The van der Waals surface area contributed by atoms with E-state index in [2.05, 4.69) is 187 Å². The fourth-order valence-electron chi connectivity index (χ4n) is 8.23. The molecule has 0 radical (unpaired) electrons. The van der Waals surface area contributed by atoms with Gasteiger partial charge in [-0.05, 0) is 94.7 Å². The highest BCUT2D eigenvalue weighted by Gasteiger charge is 2.15. The first-order valence-electron chi connectivity index (χ1n) is 19.0. The Kier molecular flexibility index (Phi) is 7.49. The summed E-state index contributed by atoms with van der Waals surface area (Å²) in [7, 11) is 0. The van der Waals surface area contributed by atoms with Crippen molar-refractivity contribution in [3.05, 3.63) is 200 Å². The number of hydrogen-bond acceptors (Lipinski definition) is 3. The topological polar surface area (TPSA) is 38.7 Å². The fourth-order valence-corrected chi connectivity index (χ4v) is 8.23. The summed E-state index contributed by atoms with van der Waals surface area (Å²) in [6, 6.07) is 67.3. The van der Waals surface area contributed by atoms with Crippen molar-refractivity contribution in [2.24, 2.45) is 0 Å². The third kappa shape index (κ3) is 5.57. The lowest BCUT2D eigenvalue weighted by Gasteiger charge is -2.14. The van der Waals surface area contributed by atoms with Crippen molar-refractivity contribution in [3.8, 4) is 67.3 Å². The van der Waals surface area contributed by atoms with E-state index >= 15 is 0 Å². The molecule has 2 aromatic heterocycles. The van der Waals surface area contributed by atoms with E-state index in [1.54, 1.807) is 6.20 Å². The van der Waals surface area contributed by atoms with Crippen LogP contribution in [0.2, 0.25) is 0 Å². The lowest BCUT2D eigenvalue weighted by Crippen LogP contribution is -1.96. The number of fused-ring (bicyclic) bond motifs is 1. The van der Waals surface area contributed by atoms with E-state index in [9.17, 15) is 0 Å². The first kappa shape index (κ1) is 32.0. The van der Waals surface area contributed by atoms with Crippen LogP contribution in [0.1, 0.15) is 0 Å². The molecule has 56 heavy (non-hydrogen) atoms. The quantitative estimate of drug-likeness (QED) is 0.161. The fraction of sp³-hybridized carbons (Fsp3) is 0. The van der Waals surface area contributed by atoms with Crippen molar-refractivity contribution in [1.29, 1.82) is 0 Å². The molecular formula is C53H33N3. The summed E-state index contributed by atoms with van der Waals surface area (Å²) < 4.78 is 0. The number of hydrogen-bond donors (Lipinski definition) is 0. The zero-order chi connectivity index (χ0) is 37.0. The molecule has 0 bridgehead atoms. The maximum absolute atomic E-state index is 5.20. The van der Waals surface area contributed by atoms with Gasteiger partial charge in [0.25, 0.3) is 0 Å². The van der Waals surface area contributed by atoms with Gasteiger partial charge in [-0.25, -0.2) is 9.97 Å². The van der Waals surface area contributed by atoms with Crippen LogP contribution in [0, 0.1) is 0 Å². The molecule has 0 atom stereocenters. The standard InChI is InChI=1S/C53H33N3/c1-2-6-44-31-45(25-14-34(44)5-1)35-10-17-38(18-11-35)49-32-50(39-19-12-36(13-20-39)46-9-4-30-54-33-46)56-53(55-49)43-23-15-37(16-24-43)47-28-26-42-22-21-40-7-3-8-41-27-29-48(47)52(42)51(40)41/h1-33H. The SMILES string of the molecule is c1cncc(-c2ccc(-c3cc(-c4ccc(-c5ccc6ccccc6c5)cc4)nc(-c4ccc(-c5ccc6ccc7cccc8ccc5c6c78)cc4)n3)cc2)c1. The van der Waals surface area contributed by atoms with Crippen molar-refractivity contribution in [2.75, 3.05) is 0 Å². The van der Waals surface area contributed by atoms with Gasteiger partial charge in [-0.1, -0.05) is 170 Å². The van der Waals surface area contributed by atoms with Crippen molar-refractivity contribution >= 4 is 43.1 Å². The molecule has 0 fully saturated rings. The maximum Gasteiger partial charge on any atom is 0.160 e. The minimum atomic E-state index is 0.689. The summed E-state index contributed by atoms with van der Waals surface area (Å²) in [6.07, 6.45) is 3.69. The van der Waals surface area contributed by atoms with Crippen LogP contribution in [-0.2, 0) is 0 Å². The van der Waals surface area contributed by atoms with Gasteiger partial charge in [0.1, 0.15) is 0 Å². The average Bonchev–Trinajstić information content (AvgIpc) is 3.28.